The van der Waals surface area contributed by atoms with Crippen LogP contribution in [-0.4, -0.2) is 16.1 Å². The maximum absolute atomic E-state index is 12.1. The van der Waals surface area contributed by atoms with E-state index in [2.05, 4.69) is 24.9 Å². The highest BCUT2D eigenvalue weighted by atomic mass is 32.1. The first-order valence-corrected chi connectivity index (χ1v) is 10.3. The first-order chi connectivity index (χ1) is 12.9. The Labute approximate surface area is 163 Å². The van der Waals surface area contributed by atoms with Crippen LogP contribution in [0.25, 0.3) is 0 Å². The van der Waals surface area contributed by atoms with Crippen LogP contribution in [0, 0.1) is 16.7 Å². The lowest BCUT2D eigenvalue weighted by molar-refractivity contribution is -0.143. The zero-order valence-corrected chi connectivity index (χ0v) is 16.6. The second-order valence-corrected chi connectivity index (χ2v) is 9.46. The summed E-state index contributed by atoms with van der Waals surface area (Å²) in [4.78, 5) is 17.3. The number of benzene rings is 1. The van der Waals surface area contributed by atoms with Crippen molar-refractivity contribution in [3.05, 3.63) is 53.1 Å². The van der Waals surface area contributed by atoms with Crippen LogP contribution in [0.1, 0.15) is 44.4 Å². The fraction of sp³-hybridized carbons (Fsp3) is 0.455. The minimum atomic E-state index is -0.695. The van der Waals surface area contributed by atoms with Crippen molar-refractivity contribution in [2.45, 2.75) is 46.0 Å². The third kappa shape index (κ3) is 3.65. The van der Waals surface area contributed by atoms with Gasteiger partial charge in [-0.05, 0) is 49.1 Å². The molecule has 4 nitrogen and oxygen atoms in total. The number of nitrogens with zero attached hydrogens (tertiary/aromatic N) is 1. The SMILES string of the molecule is CC1(C)CCCC1=C[C@H]1C[C@]1(Cc1cnc(Oc2ccccc2)s1)C(=O)O. The number of carbonyl (C=O) groups is 1. The molecule has 1 heterocycles. The van der Waals surface area contributed by atoms with Crippen LogP contribution in [0.2, 0.25) is 0 Å². The second-order valence-electron chi connectivity index (χ2n) is 8.39. The molecule has 0 aliphatic heterocycles. The molecule has 2 saturated carbocycles. The van der Waals surface area contributed by atoms with Crippen molar-refractivity contribution in [2.75, 3.05) is 0 Å². The number of carboxylic acids is 1. The standard InChI is InChI=1S/C22H25NO3S/c1-21(2)10-6-7-15(21)11-16-12-22(16,19(24)25)13-18-14-23-20(27-18)26-17-8-4-3-5-9-17/h3-5,8-9,11,14,16H,6-7,10,12-13H2,1-2H3,(H,24,25)/t16-,22+/m0/s1. The number of hydrogen-bond donors (Lipinski definition) is 1. The van der Waals surface area contributed by atoms with E-state index >= 15 is 0 Å². The summed E-state index contributed by atoms with van der Waals surface area (Å²) in [5.74, 6) is 0.172. The Morgan fingerprint density at radius 2 is 2.15 bits per heavy atom. The molecule has 142 valence electrons. The van der Waals surface area contributed by atoms with Gasteiger partial charge in [0.1, 0.15) is 5.75 Å². The number of allylic oxidation sites excluding steroid dienone is 2. The van der Waals surface area contributed by atoms with Gasteiger partial charge in [0, 0.05) is 17.5 Å². The summed E-state index contributed by atoms with van der Waals surface area (Å²) in [5.41, 5.74) is 0.976. The molecular weight excluding hydrogens is 358 g/mol. The third-order valence-electron chi connectivity index (χ3n) is 6.05. The summed E-state index contributed by atoms with van der Waals surface area (Å²) >= 11 is 1.44. The Morgan fingerprint density at radius 3 is 2.81 bits per heavy atom. The second kappa shape index (κ2) is 6.79. The van der Waals surface area contributed by atoms with Crippen molar-refractivity contribution < 1.29 is 14.6 Å². The van der Waals surface area contributed by atoms with E-state index in [0.717, 1.165) is 17.0 Å². The van der Waals surface area contributed by atoms with Gasteiger partial charge in [0.25, 0.3) is 5.19 Å². The van der Waals surface area contributed by atoms with Crippen LogP contribution in [0.15, 0.2) is 48.2 Å². The molecule has 2 aliphatic carbocycles. The number of aromatic nitrogens is 1. The fourth-order valence-electron chi connectivity index (χ4n) is 4.17. The predicted molar refractivity (Wildman–Crippen MR) is 106 cm³/mol. The Hall–Kier alpha value is -2.14. The molecule has 0 amide bonds. The van der Waals surface area contributed by atoms with E-state index in [1.54, 1.807) is 6.20 Å². The molecular formula is C22H25NO3S. The molecule has 1 aromatic carbocycles. The molecule has 0 unspecified atom stereocenters. The van der Waals surface area contributed by atoms with Gasteiger partial charge in [0.15, 0.2) is 0 Å². The molecule has 0 bridgehead atoms. The Balaban J connectivity index is 1.48. The van der Waals surface area contributed by atoms with E-state index in [-0.39, 0.29) is 11.3 Å². The normalized spacial score (nSPS) is 27.6. The summed E-state index contributed by atoms with van der Waals surface area (Å²) < 4.78 is 5.76. The largest absolute Gasteiger partial charge is 0.481 e. The predicted octanol–water partition coefficient (Wildman–Crippen LogP) is 5.71. The molecule has 2 atom stereocenters. The lowest BCUT2D eigenvalue weighted by Crippen LogP contribution is -2.20. The first-order valence-electron chi connectivity index (χ1n) is 9.51. The van der Waals surface area contributed by atoms with Crippen molar-refractivity contribution in [3.8, 4) is 10.9 Å². The molecule has 1 N–H and O–H groups in total. The summed E-state index contributed by atoms with van der Waals surface area (Å²) in [6.07, 6.45) is 8.77. The van der Waals surface area contributed by atoms with Gasteiger partial charge >= 0.3 is 5.97 Å². The summed E-state index contributed by atoms with van der Waals surface area (Å²) in [5, 5.41) is 10.5. The van der Waals surface area contributed by atoms with Gasteiger partial charge in [0.05, 0.1) is 5.41 Å². The zero-order chi connectivity index (χ0) is 19.1. The number of hydrogen-bond acceptors (Lipinski definition) is 4. The molecule has 2 fully saturated rings. The van der Waals surface area contributed by atoms with Gasteiger partial charge in [-0.25, -0.2) is 4.98 Å². The van der Waals surface area contributed by atoms with Crippen LogP contribution >= 0.6 is 11.3 Å². The third-order valence-corrected chi connectivity index (χ3v) is 6.92. The number of thiazole rings is 1. The summed E-state index contributed by atoms with van der Waals surface area (Å²) in [6.45, 7) is 4.54. The molecule has 0 saturated heterocycles. The summed E-state index contributed by atoms with van der Waals surface area (Å²) in [7, 11) is 0. The monoisotopic (exact) mass is 383 g/mol. The zero-order valence-electron chi connectivity index (χ0n) is 15.8. The molecule has 2 aliphatic rings. The van der Waals surface area contributed by atoms with Crippen LogP contribution in [0.4, 0.5) is 0 Å². The van der Waals surface area contributed by atoms with Crippen molar-refractivity contribution in [2.24, 2.45) is 16.7 Å². The highest BCUT2D eigenvalue weighted by Gasteiger charge is 2.59. The van der Waals surface area contributed by atoms with Gasteiger partial charge in [0.2, 0.25) is 0 Å². The van der Waals surface area contributed by atoms with Gasteiger partial charge in [-0.2, -0.15) is 0 Å². The lowest BCUT2D eigenvalue weighted by Gasteiger charge is -2.20. The van der Waals surface area contributed by atoms with Crippen molar-refractivity contribution in [1.29, 1.82) is 0 Å². The van der Waals surface area contributed by atoms with E-state index in [1.807, 2.05) is 30.3 Å². The van der Waals surface area contributed by atoms with E-state index in [9.17, 15) is 9.90 Å². The van der Waals surface area contributed by atoms with Crippen molar-refractivity contribution in [3.63, 3.8) is 0 Å². The van der Waals surface area contributed by atoms with Gasteiger partial charge in [-0.15, -0.1) is 0 Å². The van der Waals surface area contributed by atoms with E-state index in [0.29, 0.717) is 18.0 Å². The maximum Gasteiger partial charge on any atom is 0.310 e. The molecule has 4 rings (SSSR count). The smallest absolute Gasteiger partial charge is 0.310 e. The minimum Gasteiger partial charge on any atom is -0.481 e. The Bertz CT molecular complexity index is 871. The average Bonchev–Trinajstić information content (AvgIpc) is 2.95. The van der Waals surface area contributed by atoms with Crippen LogP contribution in [0.3, 0.4) is 0 Å². The molecule has 1 aromatic heterocycles. The number of ether oxygens (including phenoxy) is 1. The highest BCUT2D eigenvalue weighted by molar-refractivity contribution is 7.13. The van der Waals surface area contributed by atoms with Gasteiger partial charge in [-0.3, -0.25) is 4.79 Å². The van der Waals surface area contributed by atoms with Crippen LogP contribution in [0.5, 0.6) is 10.9 Å². The average molecular weight is 384 g/mol. The van der Waals surface area contributed by atoms with Crippen LogP contribution in [-0.2, 0) is 11.2 Å². The van der Waals surface area contributed by atoms with Gasteiger partial charge < -0.3 is 9.84 Å². The fourth-order valence-corrected chi connectivity index (χ4v) is 5.07. The maximum atomic E-state index is 12.1. The van der Waals surface area contributed by atoms with Crippen LogP contribution < -0.4 is 4.74 Å². The Morgan fingerprint density at radius 1 is 1.37 bits per heavy atom. The first kappa shape index (κ1) is 18.2. The molecule has 27 heavy (non-hydrogen) atoms. The topological polar surface area (TPSA) is 59.4 Å². The number of rotatable bonds is 6. The molecule has 2 aromatic rings. The number of aliphatic carboxylic acids is 1. The molecule has 0 spiro atoms. The van der Waals surface area contributed by atoms with E-state index in [4.69, 9.17) is 4.74 Å². The highest BCUT2D eigenvalue weighted by Crippen LogP contribution is 2.58. The van der Waals surface area contributed by atoms with E-state index in [1.165, 1.54) is 29.8 Å². The Kier molecular flexibility index (Phi) is 4.58. The summed E-state index contributed by atoms with van der Waals surface area (Å²) in [6, 6.07) is 9.52. The van der Waals surface area contributed by atoms with Crippen molar-refractivity contribution in [1.82, 2.24) is 4.98 Å². The van der Waals surface area contributed by atoms with Crippen molar-refractivity contribution >= 4 is 17.3 Å². The quantitative estimate of drug-likeness (QED) is 0.650. The van der Waals surface area contributed by atoms with Gasteiger partial charge in [-0.1, -0.05) is 55.0 Å². The molecule has 5 heteroatoms. The minimum absolute atomic E-state index is 0.128. The number of para-hydroxylation sites is 1. The van der Waals surface area contributed by atoms with E-state index < -0.39 is 11.4 Å². The number of carboxylic acid groups (broad SMARTS) is 1. The lowest BCUT2D eigenvalue weighted by atomic mass is 9.85. The molecule has 0 radical (unpaired) electrons.